The van der Waals surface area contributed by atoms with Crippen molar-refractivity contribution >= 4 is 28.2 Å². The van der Waals surface area contributed by atoms with E-state index in [9.17, 15) is 20.0 Å². The first-order chi connectivity index (χ1) is 9.56. The number of nitrogens with zero attached hydrogens (tertiary/aromatic N) is 1. The quantitative estimate of drug-likeness (QED) is 0.522. The number of phenolic OH excluding ortho intramolecular Hbond substituents is 1. The van der Waals surface area contributed by atoms with Crippen LogP contribution in [0.5, 0.6) is 5.75 Å². The van der Waals surface area contributed by atoms with E-state index < -0.39 is 4.92 Å². The maximum Gasteiger partial charge on any atom is 0.324 e. The van der Waals surface area contributed by atoms with E-state index in [1.54, 1.807) is 29.7 Å². The van der Waals surface area contributed by atoms with Crippen LogP contribution >= 0.6 is 11.3 Å². The van der Waals surface area contributed by atoms with Gasteiger partial charge in [-0.25, -0.2) is 0 Å². The van der Waals surface area contributed by atoms with E-state index in [0.29, 0.717) is 28.7 Å². The van der Waals surface area contributed by atoms with Crippen molar-refractivity contribution in [2.45, 2.75) is 6.42 Å². The summed E-state index contributed by atoms with van der Waals surface area (Å²) < 4.78 is 0. The molecule has 6 heteroatoms. The Labute approximate surface area is 118 Å². The highest BCUT2D eigenvalue weighted by Gasteiger charge is 2.27. The lowest BCUT2D eigenvalue weighted by atomic mass is 10.1. The predicted molar refractivity (Wildman–Crippen MR) is 75.1 cm³/mol. The van der Waals surface area contributed by atoms with Gasteiger partial charge in [0, 0.05) is 34.6 Å². The van der Waals surface area contributed by atoms with Crippen LogP contribution in [0.15, 0.2) is 35.2 Å². The fourth-order valence-electron chi connectivity index (χ4n) is 2.25. The number of carbonyl (C=O) groups excluding carboxylic acids is 1. The Balaban J connectivity index is 1.97. The van der Waals surface area contributed by atoms with Crippen molar-refractivity contribution in [3.63, 3.8) is 0 Å². The number of nitro groups is 1. The molecule has 0 fully saturated rings. The molecule has 1 N–H and O–H groups in total. The van der Waals surface area contributed by atoms with Crippen molar-refractivity contribution in [1.29, 1.82) is 0 Å². The summed E-state index contributed by atoms with van der Waals surface area (Å²) in [5, 5.41) is 22.1. The number of hydrogen-bond acceptors (Lipinski definition) is 5. The van der Waals surface area contributed by atoms with Crippen LogP contribution in [0.1, 0.15) is 21.5 Å². The molecule has 3 rings (SSSR count). The van der Waals surface area contributed by atoms with Crippen molar-refractivity contribution < 1.29 is 14.8 Å². The number of phenols is 1. The van der Waals surface area contributed by atoms with Crippen LogP contribution in [0.2, 0.25) is 0 Å². The molecule has 0 unspecified atom stereocenters. The Bertz CT molecular complexity index is 760. The van der Waals surface area contributed by atoms with Crippen molar-refractivity contribution in [3.8, 4) is 5.75 Å². The van der Waals surface area contributed by atoms with Crippen LogP contribution in [0, 0.1) is 10.1 Å². The maximum atomic E-state index is 12.2. The van der Waals surface area contributed by atoms with Crippen LogP contribution in [0.4, 0.5) is 5.00 Å². The highest BCUT2D eigenvalue weighted by Crippen LogP contribution is 2.34. The topological polar surface area (TPSA) is 80.4 Å². The van der Waals surface area contributed by atoms with Crippen LogP contribution in [0.3, 0.4) is 0 Å². The van der Waals surface area contributed by atoms with E-state index in [0.717, 1.165) is 11.3 Å². The van der Waals surface area contributed by atoms with E-state index in [4.69, 9.17) is 0 Å². The zero-order chi connectivity index (χ0) is 14.3. The standard InChI is InChI=1S/C14H9NO4S/c16-12-3-1-2-10-11(12)6-9(14(10)17)4-8-5-13(15(18)19)20-7-8/h1-5,7,16H,6H2/b9-4+. The molecule has 100 valence electrons. The van der Waals surface area contributed by atoms with Gasteiger partial charge >= 0.3 is 5.00 Å². The first kappa shape index (κ1) is 12.6. The smallest absolute Gasteiger partial charge is 0.324 e. The minimum atomic E-state index is -0.455. The zero-order valence-electron chi connectivity index (χ0n) is 10.2. The number of aromatic hydroxyl groups is 1. The SMILES string of the molecule is O=C1/C(=C/c2csc([N+](=O)[O-])c2)Cc2c(O)cccc21. The number of benzene rings is 1. The summed E-state index contributed by atoms with van der Waals surface area (Å²) in [4.78, 5) is 22.4. The summed E-state index contributed by atoms with van der Waals surface area (Å²) >= 11 is 1.02. The number of carbonyl (C=O) groups is 1. The molecule has 0 saturated carbocycles. The fourth-order valence-corrected chi connectivity index (χ4v) is 2.93. The lowest BCUT2D eigenvalue weighted by Gasteiger charge is -1.97. The third-order valence-electron chi connectivity index (χ3n) is 3.18. The van der Waals surface area contributed by atoms with Crippen LogP contribution < -0.4 is 0 Å². The lowest BCUT2D eigenvalue weighted by molar-refractivity contribution is -0.380. The second-order valence-electron chi connectivity index (χ2n) is 4.45. The number of hydrogen-bond donors (Lipinski definition) is 1. The maximum absolute atomic E-state index is 12.2. The summed E-state index contributed by atoms with van der Waals surface area (Å²) in [6.07, 6.45) is 2.00. The van der Waals surface area contributed by atoms with E-state index in [1.807, 2.05) is 0 Å². The Hall–Kier alpha value is -2.47. The second kappa shape index (κ2) is 4.57. The Morgan fingerprint density at radius 2 is 2.20 bits per heavy atom. The summed E-state index contributed by atoms with van der Waals surface area (Å²) in [5.74, 6) is -0.0275. The number of Topliss-reactive ketones (excluding diaryl/α,β-unsaturated/α-hetero) is 1. The third-order valence-corrected chi connectivity index (χ3v) is 4.08. The highest BCUT2D eigenvalue weighted by molar-refractivity contribution is 7.13. The van der Waals surface area contributed by atoms with Gasteiger partial charge in [0.15, 0.2) is 5.78 Å². The third kappa shape index (κ3) is 2.00. The van der Waals surface area contributed by atoms with Crippen LogP contribution in [-0.4, -0.2) is 15.8 Å². The first-order valence-electron chi connectivity index (χ1n) is 5.85. The molecule has 0 aliphatic heterocycles. The Kier molecular flexibility index (Phi) is 2.87. The van der Waals surface area contributed by atoms with Gasteiger partial charge in [0.05, 0.1) is 4.92 Å². The molecular formula is C14H9NO4S. The predicted octanol–water partition coefficient (Wildman–Crippen LogP) is 3.18. The number of ketones is 1. The average molecular weight is 287 g/mol. The minimum absolute atomic E-state index is 0.0441. The van der Waals surface area contributed by atoms with E-state index >= 15 is 0 Å². The van der Waals surface area contributed by atoms with Gasteiger partial charge in [0.2, 0.25) is 0 Å². The molecule has 1 aromatic heterocycles. The molecule has 20 heavy (non-hydrogen) atoms. The Morgan fingerprint density at radius 1 is 1.40 bits per heavy atom. The minimum Gasteiger partial charge on any atom is -0.508 e. The van der Waals surface area contributed by atoms with Crippen LogP contribution in [-0.2, 0) is 6.42 Å². The second-order valence-corrected chi connectivity index (χ2v) is 5.34. The molecule has 0 saturated heterocycles. The molecular weight excluding hydrogens is 278 g/mol. The van der Waals surface area contributed by atoms with E-state index in [1.165, 1.54) is 6.07 Å². The van der Waals surface area contributed by atoms with Gasteiger partial charge < -0.3 is 5.11 Å². The number of fused-ring (bicyclic) bond motifs is 1. The molecule has 0 amide bonds. The van der Waals surface area contributed by atoms with Gasteiger partial charge in [0.25, 0.3) is 0 Å². The zero-order valence-corrected chi connectivity index (χ0v) is 11.0. The van der Waals surface area contributed by atoms with Gasteiger partial charge in [-0.3, -0.25) is 14.9 Å². The summed E-state index contributed by atoms with van der Waals surface area (Å²) in [6.45, 7) is 0. The molecule has 0 radical (unpaired) electrons. The van der Waals surface area contributed by atoms with Crippen molar-refractivity contribution in [2.24, 2.45) is 0 Å². The van der Waals surface area contributed by atoms with Crippen molar-refractivity contribution in [2.75, 3.05) is 0 Å². The normalized spacial score (nSPS) is 15.6. The average Bonchev–Trinajstić information content (AvgIpc) is 2.99. The molecule has 0 spiro atoms. The van der Waals surface area contributed by atoms with E-state index in [2.05, 4.69) is 0 Å². The molecule has 0 bridgehead atoms. The van der Waals surface area contributed by atoms with E-state index in [-0.39, 0.29) is 16.5 Å². The largest absolute Gasteiger partial charge is 0.508 e. The number of rotatable bonds is 2. The Morgan fingerprint density at radius 3 is 2.85 bits per heavy atom. The molecule has 1 aromatic carbocycles. The summed E-state index contributed by atoms with van der Waals surface area (Å²) in [5.41, 5.74) is 2.29. The molecule has 2 aromatic rings. The molecule has 5 nitrogen and oxygen atoms in total. The van der Waals surface area contributed by atoms with Gasteiger partial charge in [0.1, 0.15) is 5.75 Å². The van der Waals surface area contributed by atoms with Crippen molar-refractivity contribution in [3.05, 3.63) is 62.0 Å². The fraction of sp³-hybridized carbons (Fsp3) is 0.0714. The molecule has 1 aliphatic rings. The number of allylic oxidation sites excluding steroid dienone is 1. The van der Waals surface area contributed by atoms with Gasteiger partial charge in [-0.1, -0.05) is 23.5 Å². The van der Waals surface area contributed by atoms with Crippen LogP contribution in [0.25, 0.3) is 6.08 Å². The number of thiophene rings is 1. The van der Waals surface area contributed by atoms with Gasteiger partial charge in [-0.15, -0.1) is 0 Å². The van der Waals surface area contributed by atoms with Gasteiger partial charge in [-0.2, -0.15) is 0 Å². The molecule has 1 aliphatic carbocycles. The molecule has 0 atom stereocenters. The van der Waals surface area contributed by atoms with Gasteiger partial charge in [-0.05, 0) is 17.7 Å². The molecule has 1 heterocycles. The first-order valence-corrected chi connectivity index (χ1v) is 6.73. The monoisotopic (exact) mass is 287 g/mol. The summed E-state index contributed by atoms with van der Waals surface area (Å²) in [7, 11) is 0. The summed E-state index contributed by atoms with van der Waals surface area (Å²) in [6, 6.07) is 6.29. The lowest BCUT2D eigenvalue weighted by Crippen LogP contribution is -1.94. The highest BCUT2D eigenvalue weighted by atomic mass is 32.1. The van der Waals surface area contributed by atoms with Crippen molar-refractivity contribution in [1.82, 2.24) is 0 Å².